The molecule has 3 unspecified atom stereocenters. The Morgan fingerprint density at radius 2 is 1.78 bits per heavy atom. The largest absolute Gasteiger partial charge is 0.0826 e. The van der Waals surface area contributed by atoms with E-state index in [2.05, 4.69) is 36.4 Å². The predicted octanol–water partition coefficient (Wildman–Crippen LogP) is 3.25. The monoisotopic (exact) mass is 238 g/mol. The lowest BCUT2D eigenvalue weighted by atomic mass is 9.82. The van der Waals surface area contributed by atoms with Crippen molar-refractivity contribution in [2.75, 3.05) is 0 Å². The zero-order valence-corrected chi connectivity index (χ0v) is 8.39. The lowest BCUT2D eigenvalue weighted by Gasteiger charge is -2.28. The molecule has 1 saturated carbocycles. The van der Waals surface area contributed by atoms with E-state index in [0.29, 0.717) is 0 Å². The molecule has 0 aromatic heterocycles. The highest BCUT2D eigenvalue weighted by Crippen LogP contribution is 2.32. The van der Waals surface area contributed by atoms with Crippen LogP contribution in [0.25, 0.3) is 0 Å². The van der Waals surface area contributed by atoms with Crippen molar-refractivity contribution >= 4 is 22.6 Å². The Morgan fingerprint density at radius 3 is 2.22 bits per heavy atom. The van der Waals surface area contributed by atoms with Crippen LogP contribution in [0.3, 0.4) is 0 Å². The summed E-state index contributed by atoms with van der Waals surface area (Å²) in [5, 5.41) is 0. The normalized spacial score (nSPS) is 45.0. The third-order valence-electron chi connectivity index (χ3n) is 2.53. The van der Waals surface area contributed by atoms with E-state index >= 15 is 0 Å². The minimum atomic E-state index is 0.966. The van der Waals surface area contributed by atoms with E-state index in [4.69, 9.17) is 0 Å². The van der Waals surface area contributed by atoms with Crippen molar-refractivity contribution in [3.8, 4) is 0 Å². The van der Waals surface area contributed by atoms with Crippen LogP contribution in [0, 0.1) is 11.8 Å². The van der Waals surface area contributed by atoms with E-state index in [1.54, 1.807) is 0 Å². The standard InChI is InChI=1S/C8H15I/c1-6-3-4-8(9)5-7(6)2/h6-8H,3-5H2,1-2H3. The lowest BCUT2D eigenvalue weighted by molar-refractivity contribution is 0.289. The van der Waals surface area contributed by atoms with E-state index in [0.717, 1.165) is 15.8 Å². The van der Waals surface area contributed by atoms with Gasteiger partial charge in [-0.15, -0.1) is 0 Å². The van der Waals surface area contributed by atoms with Gasteiger partial charge in [0.1, 0.15) is 0 Å². The van der Waals surface area contributed by atoms with E-state index in [9.17, 15) is 0 Å². The van der Waals surface area contributed by atoms with Gasteiger partial charge in [-0.05, 0) is 31.1 Å². The third-order valence-corrected chi connectivity index (χ3v) is 3.67. The molecule has 0 spiro atoms. The number of hydrogen-bond acceptors (Lipinski definition) is 0. The van der Waals surface area contributed by atoms with Crippen molar-refractivity contribution in [2.45, 2.75) is 37.0 Å². The Balaban J connectivity index is 2.35. The molecule has 1 heteroatoms. The summed E-state index contributed by atoms with van der Waals surface area (Å²) in [6, 6.07) is 0. The second kappa shape index (κ2) is 3.22. The van der Waals surface area contributed by atoms with Crippen LogP contribution < -0.4 is 0 Å². The molecule has 0 N–H and O–H groups in total. The Morgan fingerprint density at radius 1 is 1.11 bits per heavy atom. The number of rotatable bonds is 0. The fourth-order valence-corrected chi connectivity index (χ4v) is 2.64. The quantitative estimate of drug-likeness (QED) is 0.449. The molecule has 1 rings (SSSR count). The fraction of sp³-hybridized carbons (Fsp3) is 1.00. The van der Waals surface area contributed by atoms with Crippen LogP contribution in [-0.2, 0) is 0 Å². The summed E-state index contributed by atoms with van der Waals surface area (Å²) in [4.78, 5) is 0. The highest BCUT2D eigenvalue weighted by atomic mass is 127. The summed E-state index contributed by atoms with van der Waals surface area (Å²) < 4.78 is 0.966. The van der Waals surface area contributed by atoms with Gasteiger partial charge in [-0.3, -0.25) is 0 Å². The van der Waals surface area contributed by atoms with E-state index in [-0.39, 0.29) is 0 Å². The van der Waals surface area contributed by atoms with E-state index in [1.165, 1.54) is 19.3 Å². The molecule has 0 bridgehead atoms. The van der Waals surface area contributed by atoms with Gasteiger partial charge in [-0.1, -0.05) is 36.4 Å². The minimum Gasteiger partial charge on any atom is -0.0826 e. The van der Waals surface area contributed by atoms with Gasteiger partial charge in [0.2, 0.25) is 0 Å². The molecule has 1 fully saturated rings. The summed E-state index contributed by atoms with van der Waals surface area (Å²) in [6.45, 7) is 4.77. The molecule has 1 aliphatic carbocycles. The summed E-state index contributed by atoms with van der Waals surface area (Å²) >= 11 is 2.58. The Kier molecular flexibility index (Phi) is 2.80. The molecule has 0 amide bonds. The highest BCUT2D eigenvalue weighted by Gasteiger charge is 2.21. The average molecular weight is 238 g/mol. The van der Waals surface area contributed by atoms with Gasteiger partial charge in [0.25, 0.3) is 0 Å². The van der Waals surface area contributed by atoms with Gasteiger partial charge in [0.15, 0.2) is 0 Å². The number of alkyl halides is 1. The summed E-state index contributed by atoms with van der Waals surface area (Å²) in [5.74, 6) is 1.96. The number of hydrogen-bond donors (Lipinski definition) is 0. The van der Waals surface area contributed by atoms with E-state index in [1.807, 2.05) is 0 Å². The first kappa shape index (κ1) is 7.83. The number of halogens is 1. The average Bonchev–Trinajstić information content (AvgIpc) is 1.80. The predicted molar refractivity (Wildman–Crippen MR) is 50.0 cm³/mol. The zero-order valence-electron chi connectivity index (χ0n) is 6.23. The van der Waals surface area contributed by atoms with Crippen molar-refractivity contribution in [3.05, 3.63) is 0 Å². The van der Waals surface area contributed by atoms with Crippen molar-refractivity contribution in [2.24, 2.45) is 11.8 Å². The maximum Gasteiger partial charge on any atom is 0.0112 e. The molecule has 0 aromatic rings. The van der Waals surface area contributed by atoms with Gasteiger partial charge in [-0.2, -0.15) is 0 Å². The minimum absolute atomic E-state index is 0.966. The highest BCUT2D eigenvalue weighted by molar-refractivity contribution is 14.1. The van der Waals surface area contributed by atoms with Crippen LogP contribution in [-0.4, -0.2) is 3.92 Å². The van der Waals surface area contributed by atoms with Crippen LogP contribution in [0.1, 0.15) is 33.1 Å². The van der Waals surface area contributed by atoms with Gasteiger partial charge >= 0.3 is 0 Å². The van der Waals surface area contributed by atoms with Crippen LogP contribution in [0.5, 0.6) is 0 Å². The third kappa shape index (κ3) is 2.10. The molecule has 54 valence electrons. The van der Waals surface area contributed by atoms with Crippen molar-refractivity contribution in [1.29, 1.82) is 0 Å². The fourth-order valence-electron chi connectivity index (χ4n) is 1.48. The summed E-state index contributed by atoms with van der Waals surface area (Å²) in [6.07, 6.45) is 4.35. The van der Waals surface area contributed by atoms with Gasteiger partial charge in [-0.25, -0.2) is 0 Å². The van der Waals surface area contributed by atoms with Gasteiger partial charge in [0.05, 0.1) is 0 Å². The van der Waals surface area contributed by atoms with Gasteiger partial charge in [0, 0.05) is 3.92 Å². The molecule has 0 aromatic carbocycles. The topological polar surface area (TPSA) is 0 Å². The Bertz CT molecular complexity index is 90.6. The smallest absolute Gasteiger partial charge is 0.0112 e. The molecule has 9 heavy (non-hydrogen) atoms. The van der Waals surface area contributed by atoms with E-state index < -0.39 is 0 Å². The maximum atomic E-state index is 2.58. The zero-order chi connectivity index (χ0) is 6.85. The first-order valence-electron chi connectivity index (χ1n) is 3.84. The Hall–Kier alpha value is 0.730. The second-order valence-corrected chi connectivity index (χ2v) is 5.13. The molecular formula is C8H15I. The van der Waals surface area contributed by atoms with Crippen LogP contribution >= 0.6 is 22.6 Å². The molecule has 0 radical (unpaired) electrons. The second-order valence-electron chi connectivity index (χ2n) is 3.36. The maximum absolute atomic E-state index is 2.58. The van der Waals surface area contributed by atoms with Crippen molar-refractivity contribution in [1.82, 2.24) is 0 Å². The summed E-state index contributed by atoms with van der Waals surface area (Å²) in [7, 11) is 0. The molecule has 1 aliphatic rings. The van der Waals surface area contributed by atoms with Crippen molar-refractivity contribution in [3.63, 3.8) is 0 Å². The molecule has 0 nitrogen and oxygen atoms in total. The van der Waals surface area contributed by atoms with Crippen LogP contribution in [0.2, 0.25) is 0 Å². The first-order valence-corrected chi connectivity index (χ1v) is 5.08. The molecule has 0 aliphatic heterocycles. The van der Waals surface area contributed by atoms with Crippen LogP contribution in [0.4, 0.5) is 0 Å². The SMILES string of the molecule is CC1CCC(I)CC1C. The first-order chi connectivity index (χ1) is 4.20. The van der Waals surface area contributed by atoms with Crippen molar-refractivity contribution < 1.29 is 0 Å². The van der Waals surface area contributed by atoms with Crippen LogP contribution in [0.15, 0.2) is 0 Å². The lowest BCUT2D eigenvalue weighted by Crippen LogP contribution is -2.20. The molecular weight excluding hydrogens is 223 g/mol. The molecule has 0 heterocycles. The molecule has 0 saturated heterocycles. The van der Waals surface area contributed by atoms with Gasteiger partial charge < -0.3 is 0 Å². The summed E-state index contributed by atoms with van der Waals surface area (Å²) in [5.41, 5.74) is 0. The Labute approximate surface area is 71.5 Å². The molecule has 3 atom stereocenters.